The van der Waals surface area contributed by atoms with Gasteiger partial charge in [0.25, 0.3) is 0 Å². The highest BCUT2D eigenvalue weighted by Crippen LogP contribution is 2.18. The molecule has 0 fully saturated rings. The van der Waals surface area contributed by atoms with E-state index in [0.29, 0.717) is 17.9 Å². The third-order valence-electron chi connectivity index (χ3n) is 3.23. The van der Waals surface area contributed by atoms with Crippen LogP contribution in [0.25, 0.3) is 0 Å². The smallest absolute Gasteiger partial charge is 0.168 e. The van der Waals surface area contributed by atoms with Crippen LogP contribution >= 0.6 is 0 Å². The molecule has 2 rings (SSSR count). The molecule has 114 valence electrons. The average molecular weight is 295 g/mol. The lowest BCUT2D eigenvalue weighted by Gasteiger charge is -2.10. The quantitative estimate of drug-likeness (QED) is 0.759. The van der Waals surface area contributed by atoms with Gasteiger partial charge in [-0.3, -0.25) is 4.79 Å². The molecule has 22 heavy (non-hydrogen) atoms. The Bertz CT molecular complexity index is 642. The summed E-state index contributed by atoms with van der Waals surface area (Å²) in [4.78, 5) is 12.2. The van der Waals surface area contributed by atoms with Crippen LogP contribution in [0.3, 0.4) is 0 Å². The van der Waals surface area contributed by atoms with E-state index < -0.39 is 0 Å². The van der Waals surface area contributed by atoms with Gasteiger partial charge in [0.2, 0.25) is 0 Å². The maximum Gasteiger partial charge on any atom is 0.168 e. The van der Waals surface area contributed by atoms with Crippen molar-refractivity contribution < 1.29 is 9.53 Å². The average Bonchev–Trinajstić information content (AvgIpc) is 2.50. The Balaban J connectivity index is 1.92. The van der Waals surface area contributed by atoms with Crippen LogP contribution in [0.2, 0.25) is 0 Å². The number of nitrogens with one attached hydrogen (secondary N) is 1. The maximum absolute atomic E-state index is 12.2. The monoisotopic (exact) mass is 295 g/mol. The molecule has 0 amide bonds. The third kappa shape index (κ3) is 4.48. The van der Waals surface area contributed by atoms with Gasteiger partial charge in [0.1, 0.15) is 5.75 Å². The molecule has 0 aliphatic rings. The molecule has 0 radical (unpaired) electrons. The Labute approximate surface area is 131 Å². The molecule has 0 atom stereocenters. The molecule has 0 unspecified atom stereocenters. The molecule has 0 aromatic heterocycles. The Morgan fingerprint density at radius 1 is 1.09 bits per heavy atom. The van der Waals surface area contributed by atoms with Crippen LogP contribution in [0, 0.1) is 6.92 Å². The van der Waals surface area contributed by atoms with E-state index in [1.807, 2.05) is 62.4 Å². The number of anilines is 1. The summed E-state index contributed by atoms with van der Waals surface area (Å²) in [6.45, 7) is 8.52. The summed E-state index contributed by atoms with van der Waals surface area (Å²) in [6, 6.07) is 15.2. The first-order valence-corrected chi connectivity index (χ1v) is 7.36. The van der Waals surface area contributed by atoms with Crippen LogP contribution in [0.1, 0.15) is 29.3 Å². The SMILES string of the molecule is C=C(CC(=O)c1ccc(C)cc1)Nc1ccc(OCC)cc1. The lowest BCUT2D eigenvalue weighted by Crippen LogP contribution is -2.06. The van der Waals surface area contributed by atoms with Crippen molar-refractivity contribution >= 4 is 11.5 Å². The van der Waals surface area contributed by atoms with E-state index in [1.165, 1.54) is 0 Å². The van der Waals surface area contributed by atoms with Gasteiger partial charge in [-0.1, -0.05) is 36.4 Å². The zero-order valence-electron chi connectivity index (χ0n) is 13.1. The van der Waals surface area contributed by atoms with Gasteiger partial charge in [-0.05, 0) is 38.1 Å². The van der Waals surface area contributed by atoms with Crippen molar-refractivity contribution in [3.63, 3.8) is 0 Å². The number of Topliss-reactive ketones (excluding diaryl/α,β-unsaturated/α-hetero) is 1. The first-order valence-electron chi connectivity index (χ1n) is 7.36. The molecule has 0 saturated heterocycles. The molecule has 0 bridgehead atoms. The first-order chi connectivity index (χ1) is 10.6. The first kappa shape index (κ1) is 15.8. The zero-order valence-corrected chi connectivity index (χ0v) is 13.1. The van der Waals surface area contributed by atoms with Gasteiger partial charge in [-0.25, -0.2) is 0 Å². The number of rotatable bonds is 7. The number of hydrogen-bond acceptors (Lipinski definition) is 3. The van der Waals surface area contributed by atoms with Crippen molar-refractivity contribution in [1.29, 1.82) is 0 Å². The molecule has 1 N–H and O–H groups in total. The van der Waals surface area contributed by atoms with Crippen molar-refractivity contribution in [2.24, 2.45) is 0 Å². The Kier molecular flexibility index (Phi) is 5.37. The predicted octanol–water partition coefficient (Wildman–Crippen LogP) is 4.59. The molecule has 3 nitrogen and oxygen atoms in total. The van der Waals surface area contributed by atoms with Gasteiger partial charge in [0.15, 0.2) is 5.78 Å². The Hall–Kier alpha value is -2.55. The van der Waals surface area contributed by atoms with Crippen molar-refractivity contribution in [1.82, 2.24) is 0 Å². The van der Waals surface area contributed by atoms with E-state index >= 15 is 0 Å². The van der Waals surface area contributed by atoms with E-state index in [0.717, 1.165) is 17.0 Å². The third-order valence-corrected chi connectivity index (χ3v) is 3.23. The van der Waals surface area contributed by atoms with Gasteiger partial charge in [0.05, 0.1) is 13.0 Å². The number of allylic oxidation sites excluding steroid dienone is 1. The molecular formula is C19H21NO2. The van der Waals surface area contributed by atoms with Crippen LogP contribution < -0.4 is 10.1 Å². The Morgan fingerprint density at radius 3 is 2.32 bits per heavy atom. The summed E-state index contributed by atoms with van der Waals surface area (Å²) in [5.74, 6) is 0.887. The lowest BCUT2D eigenvalue weighted by atomic mass is 10.1. The molecule has 0 saturated carbocycles. The minimum atomic E-state index is 0.0587. The molecule has 2 aromatic rings. The fourth-order valence-corrected chi connectivity index (χ4v) is 2.08. The van der Waals surface area contributed by atoms with Crippen molar-refractivity contribution in [2.75, 3.05) is 11.9 Å². The normalized spacial score (nSPS) is 10.1. The summed E-state index contributed by atoms with van der Waals surface area (Å²) in [5, 5.41) is 3.15. The highest BCUT2D eigenvalue weighted by atomic mass is 16.5. The molecule has 0 aliphatic carbocycles. The summed E-state index contributed by atoms with van der Waals surface area (Å²) in [5.41, 5.74) is 3.42. The zero-order chi connectivity index (χ0) is 15.9. The Morgan fingerprint density at radius 2 is 1.73 bits per heavy atom. The number of carbonyl (C=O) groups is 1. The molecule has 3 heteroatoms. The van der Waals surface area contributed by atoms with Crippen molar-refractivity contribution in [3.05, 3.63) is 71.9 Å². The number of ether oxygens (including phenoxy) is 1. The van der Waals surface area contributed by atoms with Gasteiger partial charge in [-0.2, -0.15) is 0 Å². The fourth-order valence-electron chi connectivity index (χ4n) is 2.08. The van der Waals surface area contributed by atoms with Gasteiger partial charge >= 0.3 is 0 Å². The molecular weight excluding hydrogens is 274 g/mol. The van der Waals surface area contributed by atoms with E-state index in [2.05, 4.69) is 11.9 Å². The lowest BCUT2D eigenvalue weighted by molar-refractivity contribution is 0.0993. The summed E-state index contributed by atoms with van der Waals surface area (Å²) in [6.07, 6.45) is 0.274. The number of aryl methyl sites for hydroxylation is 1. The van der Waals surface area contributed by atoms with Crippen LogP contribution in [-0.4, -0.2) is 12.4 Å². The number of hydrogen-bond donors (Lipinski definition) is 1. The predicted molar refractivity (Wildman–Crippen MR) is 90.5 cm³/mol. The minimum absolute atomic E-state index is 0.0587. The van der Waals surface area contributed by atoms with E-state index in [-0.39, 0.29) is 12.2 Å². The number of carbonyl (C=O) groups excluding carboxylic acids is 1. The van der Waals surface area contributed by atoms with Crippen LogP contribution in [-0.2, 0) is 0 Å². The fraction of sp³-hybridized carbons (Fsp3) is 0.211. The standard InChI is InChI=1S/C19H21NO2/c1-4-22-18-11-9-17(10-12-18)20-15(3)13-19(21)16-7-5-14(2)6-8-16/h5-12,20H,3-4,13H2,1-2H3. The van der Waals surface area contributed by atoms with Crippen LogP contribution in [0.4, 0.5) is 5.69 Å². The van der Waals surface area contributed by atoms with E-state index in [4.69, 9.17) is 4.74 Å². The second-order valence-electron chi connectivity index (χ2n) is 5.15. The second kappa shape index (κ2) is 7.46. The highest BCUT2D eigenvalue weighted by Gasteiger charge is 2.08. The second-order valence-corrected chi connectivity index (χ2v) is 5.15. The molecule has 2 aromatic carbocycles. The maximum atomic E-state index is 12.2. The van der Waals surface area contributed by atoms with Crippen molar-refractivity contribution in [2.45, 2.75) is 20.3 Å². The minimum Gasteiger partial charge on any atom is -0.494 e. The summed E-state index contributed by atoms with van der Waals surface area (Å²) >= 11 is 0. The number of benzene rings is 2. The van der Waals surface area contributed by atoms with Gasteiger partial charge in [0, 0.05) is 16.9 Å². The topological polar surface area (TPSA) is 38.3 Å². The molecule has 0 spiro atoms. The van der Waals surface area contributed by atoms with Crippen molar-refractivity contribution in [3.8, 4) is 5.75 Å². The summed E-state index contributed by atoms with van der Waals surface area (Å²) < 4.78 is 5.39. The van der Waals surface area contributed by atoms with E-state index in [1.54, 1.807) is 0 Å². The largest absolute Gasteiger partial charge is 0.494 e. The van der Waals surface area contributed by atoms with Gasteiger partial charge in [-0.15, -0.1) is 0 Å². The summed E-state index contributed by atoms with van der Waals surface area (Å²) in [7, 11) is 0. The van der Waals surface area contributed by atoms with Crippen LogP contribution in [0.15, 0.2) is 60.8 Å². The van der Waals surface area contributed by atoms with Gasteiger partial charge < -0.3 is 10.1 Å². The number of ketones is 1. The van der Waals surface area contributed by atoms with E-state index in [9.17, 15) is 4.79 Å². The molecule has 0 heterocycles. The molecule has 0 aliphatic heterocycles. The highest BCUT2D eigenvalue weighted by molar-refractivity contribution is 5.97. The van der Waals surface area contributed by atoms with Crippen LogP contribution in [0.5, 0.6) is 5.75 Å².